The van der Waals surface area contributed by atoms with Crippen LogP contribution in [0.4, 0.5) is 11.4 Å². The van der Waals surface area contributed by atoms with E-state index in [4.69, 9.17) is 9.47 Å². The van der Waals surface area contributed by atoms with Gasteiger partial charge in [-0.15, -0.1) is 0 Å². The van der Waals surface area contributed by atoms with Gasteiger partial charge in [-0.05, 0) is 44.0 Å². The van der Waals surface area contributed by atoms with Crippen molar-refractivity contribution < 1.29 is 23.9 Å². The first-order valence-corrected chi connectivity index (χ1v) is 11.3. The predicted octanol–water partition coefficient (Wildman–Crippen LogP) is 2.95. The molecule has 2 aromatic carbocycles. The fraction of sp³-hybridized carbons (Fsp3) is 0.400. The summed E-state index contributed by atoms with van der Waals surface area (Å²) < 4.78 is 10.7. The molecular weight excluding hydrogens is 422 g/mol. The van der Waals surface area contributed by atoms with Gasteiger partial charge in [0.25, 0.3) is 0 Å². The number of hydrogen-bond acceptors (Lipinski definition) is 5. The first-order valence-electron chi connectivity index (χ1n) is 11.3. The van der Waals surface area contributed by atoms with Gasteiger partial charge in [0.2, 0.25) is 24.5 Å². The number of nitrogens with zero attached hydrogens (tertiary/aromatic N) is 2. The molecule has 0 spiro atoms. The van der Waals surface area contributed by atoms with Gasteiger partial charge >= 0.3 is 0 Å². The number of ether oxygens (including phenoxy) is 2. The average molecular weight is 450 g/mol. The van der Waals surface area contributed by atoms with Gasteiger partial charge in [0.1, 0.15) is 0 Å². The standard InChI is InChI=1S/C25H27N3O5/c1-16-2-5-20(6-3-16)28-14-18(12-23(28)29)25(31)27-10-8-17(9-11-27)24(30)26-19-4-7-21-22(13-19)33-15-32-21/h2-7,13,17-18H,8-12,14-15H2,1H3,(H,26,30). The Hall–Kier alpha value is -3.55. The van der Waals surface area contributed by atoms with Gasteiger partial charge in [-0.3, -0.25) is 14.4 Å². The third kappa shape index (κ3) is 4.37. The molecular formula is C25H27N3O5. The van der Waals surface area contributed by atoms with Crippen molar-refractivity contribution in [2.75, 3.05) is 36.6 Å². The molecule has 3 aliphatic rings. The zero-order valence-corrected chi connectivity index (χ0v) is 18.6. The summed E-state index contributed by atoms with van der Waals surface area (Å²) in [6.45, 7) is 3.64. The zero-order valence-electron chi connectivity index (χ0n) is 18.6. The zero-order chi connectivity index (χ0) is 22.9. The first kappa shape index (κ1) is 21.3. The minimum absolute atomic E-state index is 0.00703. The number of nitrogens with one attached hydrogen (secondary N) is 1. The quantitative estimate of drug-likeness (QED) is 0.776. The predicted molar refractivity (Wildman–Crippen MR) is 122 cm³/mol. The second kappa shape index (κ2) is 8.77. The fourth-order valence-corrected chi connectivity index (χ4v) is 4.69. The third-order valence-corrected chi connectivity index (χ3v) is 6.64. The van der Waals surface area contributed by atoms with Crippen LogP contribution in [0.25, 0.3) is 0 Å². The molecule has 5 rings (SSSR count). The number of aryl methyl sites for hydroxylation is 1. The molecule has 3 heterocycles. The van der Waals surface area contributed by atoms with Crippen LogP contribution in [0, 0.1) is 18.8 Å². The van der Waals surface area contributed by atoms with E-state index in [1.54, 1.807) is 28.0 Å². The van der Waals surface area contributed by atoms with Crippen molar-refractivity contribution in [3.63, 3.8) is 0 Å². The molecule has 1 unspecified atom stereocenters. The van der Waals surface area contributed by atoms with E-state index in [1.807, 2.05) is 31.2 Å². The van der Waals surface area contributed by atoms with E-state index in [1.165, 1.54) is 0 Å². The molecule has 0 saturated carbocycles. The number of piperidine rings is 1. The van der Waals surface area contributed by atoms with Crippen molar-refractivity contribution >= 4 is 29.1 Å². The van der Waals surface area contributed by atoms with Gasteiger partial charge in [0.15, 0.2) is 11.5 Å². The Morgan fingerprint density at radius 2 is 1.70 bits per heavy atom. The van der Waals surface area contributed by atoms with Gasteiger partial charge < -0.3 is 24.6 Å². The number of likely N-dealkylation sites (tertiary alicyclic amines) is 1. The normalized spacial score (nSPS) is 20.3. The van der Waals surface area contributed by atoms with Gasteiger partial charge in [-0.25, -0.2) is 0 Å². The van der Waals surface area contributed by atoms with Gasteiger partial charge in [0.05, 0.1) is 5.92 Å². The van der Waals surface area contributed by atoms with E-state index >= 15 is 0 Å². The minimum Gasteiger partial charge on any atom is -0.454 e. The molecule has 8 heteroatoms. The Balaban J connectivity index is 1.14. The maximum atomic E-state index is 13.1. The Labute approximate surface area is 192 Å². The SMILES string of the molecule is Cc1ccc(N2CC(C(=O)N3CCC(C(=O)Nc4ccc5c(c4)OCO5)CC3)CC2=O)cc1. The Morgan fingerprint density at radius 1 is 0.970 bits per heavy atom. The molecule has 172 valence electrons. The molecule has 1 N–H and O–H groups in total. The summed E-state index contributed by atoms with van der Waals surface area (Å²) in [4.78, 5) is 41.8. The maximum Gasteiger partial charge on any atom is 0.231 e. The highest BCUT2D eigenvalue weighted by Gasteiger charge is 2.38. The number of fused-ring (bicyclic) bond motifs is 1. The van der Waals surface area contributed by atoms with Gasteiger partial charge in [-0.1, -0.05) is 17.7 Å². The van der Waals surface area contributed by atoms with Crippen molar-refractivity contribution in [3.8, 4) is 11.5 Å². The lowest BCUT2D eigenvalue weighted by Crippen LogP contribution is -2.44. The highest BCUT2D eigenvalue weighted by molar-refractivity contribution is 6.00. The lowest BCUT2D eigenvalue weighted by molar-refractivity contribution is -0.138. The molecule has 0 radical (unpaired) electrons. The fourth-order valence-electron chi connectivity index (χ4n) is 4.69. The van der Waals surface area contributed by atoms with Crippen LogP contribution in [0.5, 0.6) is 11.5 Å². The molecule has 3 amide bonds. The van der Waals surface area contributed by atoms with Crippen LogP contribution in [0.2, 0.25) is 0 Å². The van der Waals surface area contributed by atoms with Crippen molar-refractivity contribution in [1.82, 2.24) is 4.90 Å². The van der Waals surface area contributed by atoms with E-state index in [0.717, 1.165) is 11.3 Å². The summed E-state index contributed by atoms with van der Waals surface area (Å²) in [5, 5.41) is 2.94. The van der Waals surface area contributed by atoms with Crippen molar-refractivity contribution in [3.05, 3.63) is 48.0 Å². The number of carbonyl (C=O) groups is 3. The second-order valence-corrected chi connectivity index (χ2v) is 8.90. The lowest BCUT2D eigenvalue weighted by Gasteiger charge is -2.33. The molecule has 2 fully saturated rings. The summed E-state index contributed by atoms with van der Waals surface area (Å²) in [7, 11) is 0. The molecule has 0 bridgehead atoms. The van der Waals surface area contributed by atoms with E-state index in [9.17, 15) is 14.4 Å². The molecule has 33 heavy (non-hydrogen) atoms. The highest BCUT2D eigenvalue weighted by atomic mass is 16.7. The highest BCUT2D eigenvalue weighted by Crippen LogP contribution is 2.34. The van der Waals surface area contributed by atoms with Crippen LogP contribution in [0.15, 0.2) is 42.5 Å². The van der Waals surface area contributed by atoms with Gasteiger partial charge in [0, 0.05) is 49.4 Å². The van der Waals surface area contributed by atoms with E-state index < -0.39 is 0 Å². The van der Waals surface area contributed by atoms with E-state index in [-0.39, 0.29) is 42.8 Å². The van der Waals surface area contributed by atoms with Crippen LogP contribution in [-0.2, 0) is 14.4 Å². The Morgan fingerprint density at radius 3 is 2.45 bits per heavy atom. The summed E-state index contributed by atoms with van der Waals surface area (Å²) in [6.07, 6.45) is 1.44. The summed E-state index contributed by atoms with van der Waals surface area (Å²) in [5.41, 5.74) is 2.63. The number of carbonyl (C=O) groups excluding carboxylic acids is 3. The van der Waals surface area contributed by atoms with Crippen LogP contribution in [0.3, 0.4) is 0 Å². The van der Waals surface area contributed by atoms with Crippen LogP contribution < -0.4 is 19.7 Å². The molecule has 8 nitrogen and oxygen atoms in total. The van der Waals surface area contributed by atoms with Crippen LogP contribution in [0.1, 0.15) is 24.8 Å². The second-order valence-electron chi connectivity index (χ2n) is 8.90. The molecule has 0 aliphatic carbocycles. The van der Waals surface area contributed by atoms with Crippen molar-refractivity contribution in [2.24, 2.45) is 11.8 Å². The molecule has 2 saturated heterocycles. The molecule has 2 aromatic rings. The van der Waals surface area contributed by atoms with E-state index in [0.29, 0.717) is 49.7 Å². The number of benzene rings is 2. The van der Waals surface area contributed by atoms with Crippen molar-refractivity contribution in [2.45, 2.75) is 26.2 Å². The smallest absolute Gasteiger partial charge is 0.231 e. The lowest BCUT2D eigenvalue weighted by atomic mass is 9.94. The number of rotatable bonds is 4. The monoisotopic (exact) mass is 449 g/mol. The molecule has 1 atom stereocenters. The molecule has 3 aliphatic heterocycles. The number of hydrogen-bond donors (Lipinski definition) is 1. The summed E-state index contributed by atoms with van der Waals surface area (Å²) >= 11 is 0. The van der Waals surface area contributed by atoms with Crippen LogP contribution in [-0.4, -0.2) is 49.0 Å². The largest absolute Gasteiger partial charge is 0.454 e. The first-order chi connectivity index (χ1) is 16.0. The number of amides is 3. The maximum absolute atomic E-state index is 13.1. The minimum atomic E-state index is -0.335. The topological polar surface area (TPSA) is 88.2 Å². The summed E-state index contributed by atoms with van der Waals surface area (Å²) in [6, 6.07) is 13.1. The van der Waals surface area contributed by atoms with Crippen molar-refractivity contribution in [1.29, 1.82) is 0 Å². The number of anilines is 2. The van der Waals surface area contributed by atoms with E-state index in [2.05, 4.69) is 5.32 Å². The average Bonchev–Trinajstić information content (AvgIpc) is 3.45. The Kier molecular flexibility index (Phi) is 5.66. The molecule has 0 aromatic heterocycles. The van der Waals surface area contributed by atoms with Crippen LogP contribution >= 0.6 is 0 Å². The summed E-state index contributed by atoms with van der Waals surface area (Å²) in [5.74, 6) is 0.738. The Bertz CT molecular complexity index is 1080. The third-order valence-electron chi connectivity index (χ3n) is 6.64. The van der Waals surface area contributed by atoms with Gasteiger partial charge in [-0.2, -0.15) is 0 Å².